The molecule has 5 aromatic rings. The van der Waals surface area contributed by atoms with Gasteiger partial charge in [-0.3, -0.25) is 4.68 Å². The van der Waals surface area contributed by atoms with Crippen molar-refractivity contribution in [3.63, 3.8) is 0 Å². The number of hydrogen-bond donors (Lipinski definition) is 1. The first-order valence-electron chi connectivity index (χ1n) is 14.5. The number of rotatable bonds is 8. The highest BCUT2D eigenvalue weighted by Crippen LogP contribution is 2.44. The number of nitrogens with zero attached hydrogens (tertiary/aromatic N) is 3. The maximum absolute atomic E-state index is 13.3. The van der Waals surface area contributed by atoms with Crippen molar-refractivity contribution in [2.24, 2.45) is 0 Å². The molecule has 2 aromatic heterocycles. The molecule has 7 rings (SSSR count). The predicted molar refractivity (Wildman–Crippen MR) is 168 cm³/mol. The molecule has 0 amide bonds. The zero-order valence-electron chi connectivity index (χ0n) is 23.6. The van der Waals surface area contributed by atoms with E-state index in [1.54, 1.807) is 0 Å². The molecule has 1 aliphatic carbocycles. The Morgan fingerprint density at radius 1 is 0.864 bits per heavy atom. The third-order valence-corrected chi connectivity index (χ3v) is 11.0. The summed E-state index contributed by atoms with van der Waals surface area (Å²) >= 11 is 12.5. The molecule has 1 N–H and O–H groups in total. The lowest BCUT2D eigenvalue weighted by molar-refractivity contribution is 0.0689. The Kier molecular flexibility index (Phi) is 7.53. The molecule has 2 fully saturated rings. The van der Waals surface area contributed by atoms with Gasteiger partial charge in [-0.2, -0.15) is 9.40 Å². The van der Waals surface area contributed by atoms with Crippen molar-refractivity contribution in [1.82, 2.24) is 14.1 Å². The molecule has 11 heteroatoms. The van der Waals surface area contributed by atoms with E-state index >= 15 is 0 Å². The van der Waals surface area contributed by atoms with E-state index in [-0.39, 0.29) is 30.5 Å². The molecule has 1 aliphatic heterocycles. The molecule has 0 radical (unpaired) electrons. The third-order valence-electron chi connectivity index (χ3n) is 8.67. The number of benzene rings is 3. The van der Waals surface area contributed by atoms with Crippen LogP contribution in [-0.4, -0.2) is 46.7 Å². The smallest absolute Gasteiger partial charge is 0.340 e. The SMILES string of the molecule is O=C(O)c1ccoc1S(=O)(=O)N1CCC(c2c3cc(C(c4ccc(Cl)cc4)c4ccc(Cl)cc4)ccc3nn2C2CC2)CC1. The van der Waals surface area contributed by atoms with Gasteiger partial charge in [0, 0.05) is 46.1 Å². The second kappa shape index (κ2) is 11.4. The van der Waals surface area contributed by atoms with Gasteiger partial charge in [0.1, 0.15) is 5.56 Å². The Bertz CT molecular complexity index is 1910. The van der Waals surface area contributed by atoms with Crippen molar-refractivity contribution < 1.29 is 22.7 Å². The quantitative estimate of drug-likeness (QED) is 0.173. The maximum Gasteiger partial charge on any atom is 0.340 e. The molecule has 0 unspecified atom stereocenters. The van der Waals surface area contributed by atoms with Gasteiger partial charge in [0.2, 0.25) is 5.09 Å². The average Bonchev–Trinajstić information content (AvgIpc) is 3.60. The van der Waals surface area contributed by atoms with Gasteiger partial charge < -0.3 is 9.52 Å². The Hall–Kier alpha value is -3.63. The summed E-state index contributed by atoms with van der Waals surface area (Å²) in [4.78, 5) is 11.6. The van der Waals surface area contributed by atoms with E-state index in [1.165, 1.54) is 10.4 Å². The molecule has 3 aromatic carbocycles. The zero-order chi connectivity index (χ0) is 30.6. The summed E-state index contributed by atoms with van der Waals surface area (Å²) in [7, 11) is -4.08. The summed E-state index contributed by atoms with van der Waals surface area (Å²) in [6.45, 7) is 0.504. The topological polar surface area (TPSA) is 106 Å². The fourth-order valence-electron chi connectivity index (χ4n) is 6.35. The highest BCUT2D eigenvalue weighted by atomic mass is 35.5. The molecular weight excluding hydrogens is 621 g/mol. The molecule has 8 nitrogen and oxygen atoms in total. The molecule has 1 saturated carbocycles. The fraction of sp³-hybridized carbons (Fsp3) is 0.273. The Labute approximate surface area is 264 Å². The first kappa shape index (κ1) is 29.1. The molecule has 44 heavy (non-hydrogen) atoms. The van der Waals surface area contributed by atoms with E-state index in [1.807, 2.05) is 48.5 Å². The lowest BCUT2D eigenvalue weighted by Crippen LogP contribution is -2.38. The number of piperidine rings is 1. The second-order valence-corrected chi connectivity index (χ2v) is 14.2. The number of fused-ring (bicyclic) bond motifs is 1. The summed E-state index contributed by atoms with van der Waals surface area (Å²) in [5, 5.41) is 16.4. The minimum absolute atomic E-state index is 0.0604. The van der Waals surface area contributed by atoms with E-state index in [0.717, 1.165) is 52.4 Å². The highest BCUT2D eigenvalue weighted by Gasteiger charge is 2.38. The van der Waals surface area contributed by atoms with Gasteiger partial charge in [0.05, 0.1) is 17.8 Å². The molecule has 0 bridgehead atoms. The van der Waals surface area contributed by atoms with Crippen molar-refractivity contribution in [2.45, 2.75) is 48.7 Å². The van der Waals surface area contributed by atoms with Crippen LogP contribution < -0.4 is 0 Å². The number of sulfonamides is 1. The van der Waals surface area contributed by atoms with Crippen molar-refractivity contribution in [3.05, 3.63) is 117 Å². The van der Waals surface area contributed by atoms with Crippen LogP contribution in [0.5, 0.6) is 0 Å². The largest absolute Gasteiger partial charge is 0.478 e. The van der Waals surface area contributed by atoms with Crippen molar-refractivity contribution in [3.8, 4) is 0 Å². The number of aromatic carboxylic acids is 1. The lowest BCUT2D eigenvalue weighted by Gasteiger charge is -2.31. The summed E-state index contributed by atoms with van der Waals surface area (Å²) in [6, 6.07) is 23.7. The second-order valence-electron chi connectivity index (χ2n) is 11.5. The number of aromatic nitrogens is 2. The molecule has 0 atom stereocenters. The van der Waals surface area contributed by atoms with Crippen LogP contribution in [0.15, 0.2) is 88.6 Å². The zero-order valence-corrected chi connectivity index (χ0v) is 25.9. The number of halogens is 2. The Balaban J connectivity index is 1.25. The Morgan fingerprint density at radius 3 is 2.02 bits per heavy atom. The van der Waals surface area contributed by atoms with Gasteiger partial charge in [-0.05, 0) is 84.8 Å². The molecule has 226 valence electrons. The maximum atomic E-state index is 13.3. The standard InChI is InChI=1S/C33H29Cl2N3O5S/c34-24-6-1-20(2-7-24)30(21-3-8-25(35)9-4-21)23-5-12-29-28(19-23)31(38(36-29)26-10-11-26)22-13-16-37(17-14-22)44(41,42)33-27(32(39)40)15-18-43-33/h1-9,12,15,18-19,22,26,30H,10-11,13-14,16-17H2,(H,39,40). The normalized spacial score (nSPS) is 16.6. The van der Waals surface area contributed by atoms with E-state index in [9.17, 15) is 18.3 Å². The van der Waals surface area contributed by atoms with Crippen molar-refractivity contribution >= 4 is 50.1 Å². The van der Waals surface area contributed by atoms with Crippen LogP contribution in [0.2, 0.25) is 10.0 Å². The van der Waals surface area contributed by atoms with Crippen molar-refractivity contribution in [2.75, 3.05) is 13.1 Å². The highest BCUT2D eigenvalue weighted by molar-refractivity contribution is 7.89. The van der Waals surface area contributed by atoms with Crippen LogP contribution in [0.4, 0.5) is 0 Å². The van der Waals surface area contributed by atoms with E-state index in [2.05, 4.69) is 22.9 Å². The molecular formula is C33H29Cl2N3O5S. The molecule has 2 aliphatic rings. The summed E-state index contributed by atoms with van der Waals surface area (Å²) < 4.78 is 35.3. The average molecular weight is 651 g/mol. The first-order valence-corrected chi connectivity index (χ1v) is 16.7. The van der Waals surface area contributed by atoms with E-state index in [4.69, 9.17) is 32.7 Å². The van der Waals surface area contributed by atoms with Gasteiger partial charge >= 0.3 is 5.97 Å². The minimum Gasteiger partial charge on any atom is -0.478 e. The number of carbonyl (C=O) groups is 1. The molecule has 0 spiro atoms. The summed E-state index contributed by atoms with van der Waals surface area (Å²) in [6.07, 6.45) is 4.39. The van der Waals surface area contributed by atoms with Gasteiger partial charge in [-0.1, -0.05) is 53.5 Å². The number of carboxylic acids is 1. The van der Waals surface area contributed by atoms with Crippen LogP contribution in [0.25, 0.3) is 10.9 Å². The third kappa shape index (κ3) is 5.32. The van der Waals surface area contributed by atoms with E-state index < -0.39 is 21.1 Å². The number of carboxylic acid groups (broad SMARTS) is 1. The van der Waals surface area contributed by atoms with Crippen LogP contribution in [0.1, 0.15) is 76.3 Å². The van der Waals surface area contributed by atoms with Crippen LogP contribution >= 0.6 is 23.2 Å². The van der Waals surface area contributed by atoms with Gasteiger partial charge in [-0.15, -0.1) is 0 Å². The summed E-state index contributed by atoms with van der Waals surface area (Å²) in [5.74, 6) is -1.31. The monoisotopic (exact) mass is 649 g/mol. The molecule has 3 heterocycles. The lowest BCUT2D eigenvalue weighted by atomic mass is 9.84. The first-order chi connectivity index (χ1) is 21.2. The predicted octanol–water partition coefficient (Wildman–Crippen LogP) is 7.72. The van der Waals surface area contributed by atoms with Crippen LogP contribution in [0, 0.1) is 0 Å². The fourth-order valence-corrected chi connectivity index (χ4v) is 8.14. The van der Waals surface area contributed by atoms with Gasteiger partial charge in [0.25, 0.3) is 10.0 Å². The molecule has 1 saturated heterocycles. The minimum atomic E-state index is -4.08. The summed E-state index contributed by atoms with van der Waals surface area (Å²) in [5.41, 5.74) is 5.01. The van der Waals surface area contributed by atoms with E-state index in [0.29, 0.717) is 28.9 Å². The van der Waals surface area contributed by atoms with Gasteiger partial charge in [0.15, 0.2) is 0 Å². The number of furan rings is 1. The number of hydrogen-bond acceptors (Lipinski definition) is 5. The van der Waals surface area contributed by atoms with Crippen LogP contribution in [-0.2, 0) is 10.0 Å². The van der Waals surface area contributed by atoms with Crippen molar-refractivity contribution in [1.29, 1.82) is 0 Å². The van der Waals surface area contributed by atoms with Crippen LogP contribution in [0.3, 0.4) is 0 Å². The van der Waals surface area contributed by atoms with Gasteiger partial charge in [-0.25, -0.2) is 13.2 Å². The Morgan fingerprint density at radius 2 is 1.45 bits per heavy atom.